The van der Waals surface area contributed by atoms with Crippen molar-refractivity contribution in [1.29, 1.82) is 0 Å². The van der Waals surface area contributed by atoms with E-state index in [1.54, 1.807) is 22.9 Å². The molecule has 6 nitrogen and oxygen atoms in total. The van der Waals surface area contributed by atoms with Crippen LogP contribution in [0.1, 0.15) is 9.67 Å². The van der Waals surface area contributed by atoms with Crippen molar-refractivity contribution in [3.8, 4) is 11.3 Å². The summed E-state index contributed by atoms with van der Waals surface area (Å²) in [6.45, 7) is 0. The quantitative estimate of drug-likeness (QED) is 0.563. The standard InChI is InChI=1S/C17H13N5OS/c18-12-4-1-3-11(7-12)13-10-22-15(8-19-13)20-9-16(22)21-17(23)14-5-2-6-24-14/h1-10H,18H2,(H,21,23). The van der Waals surface area contributed by atoms with Crippen LogP contribution in [0.2, 0.25) is 0 Å². The second-order valence-electron chi connectivity index (χ2n) is 5.20. The van der Waals surface area contributed by atoms with Crippen LogP contribution in [-0.4, -0.2) is 20.3 Å². The van der Waals surface area contributed by atoms with Crippen molar-refractivity contribution in [1.82, 2.24) is 14.4 Å². The van der Waals surface area contributed by atoms with E-state index in [2.05, 4.69) is 15.3 Å². The molecule has 0 unspecified atom stereocenters. The van der Waals surface area contributed by atoms with Gasteiger partial charge in [0.15, 0.2) is 5.65 Å². The molecule has 1 aromatic carbocycles. The molecule has 0 aliphatic rings. The van der Waals surface area contributed by atoms with Gasteiger partial charge in [0.1, 0.15) is 5.82 Å². The second kappa shape index (κ2) is 5.78. The number of hydrogen-bond acceptors (Lipinski definition) is 5. The Morgan fingerprint density at radius 3 is 2.88 bits per heavy atom. The molecule has 0 saturated heterocycles. The Bertz CT molecular complexity index is 1020. The lowest BCUT2D eigenvalue weighted by atomic mass is 10.1. The van der Waals surface area contributed by atoms with Crippen molar-refractivity contribution >= 4 is 34.4 Å². The number of nitrogen functional groups attached to an aromatic ring is 1. The van der Waals surface area contributed by atoms with E-state index < -0.39 is 0 Å². The van der Waals surface area contributed by atoms with Gasteiger partial charge in [0.2, 0.25) is 0 Å². The molecule has 4 aromatic rings. The van der Waals surface area contributed by atoms with E-state index in [9.17, 15) is 4.79 Å². The number of carbonyl (C=O) groups excluding carboxylic acids is 1. The molecular formula is C17H13N5OS. The molecule has 0 atom stereocenters. The number of amides is 1. The van der Waals surface area contributed by atoms with Gasteiger partial charge in [-0.25, -0.2) is 4.98 Å². The van der Waals surface area contributed by atoms with E-state index >= 15 is 0 Å². The number of anilines is 2. The van der Waals surface area contributed by atoms with Crippen LogP contribution in [0.25, 0.3) is 16.9 Å². The lowest BCUT2D eigenvalue weighted by molar-refractivity contribution is 0.103. The van der Waals surface area contributed by atoms with Gasteiger partial charge in [0.05, 0.1) is 23.0 Å². The zero-order chi connectivity index (χ0) is 16.5. The summed E-state index contributed by atoms with van der Waals surface area (Å²) < 4.78 is 1.80. The van der Waals surface area contributed by atoms with Gasteiger partial charge < -0.3 is 11.1 Å². The van der Waals surface area contributed by atoms with Crippen LogP contribution >= 0.6 is 11.3 Å². The first-order valence-electron chi connectivity index (χ1n) is 7.24. The molecular weight excluding hydrogens is 322 g/mol. The SMILES string of the molecule is Nc1cccc(-c2cn3c(NC(=O)c4cccs4)cnc3cn2)c1. The van der Waals surface area contributed by atoms with Gasteiger partial charge in [-0.2, -0.15) is 0 Å². The first-order chi connectivity index (χ1) is 11.7. The maximum absolute atomic E-state index is 12.2. The van der Waals surface area contributed by atoms with Crippen LogP contribution in [0.4, 0.5) is 11.5 Å². The number of nitrogens with two attached hydrogens (primary N) is 1. The van der Waals surface area contributed by atoms with E-state index in [-0.39, 0.29) is 5.91 Å². The molecule has 7 heteroatoms. The summed E-state index contributed by atoms with van der Waals surface area (Å²) in [5.74, 6) is 0.435. The van der Waals surface area contributed by atoms with Gasteiger partial charge in [-0.3, -0.25) is 14.2 Å². The average Bonchev–Trinajstić information content (AvgIpc) is 3.25. The van der Waals surface area contributed by atoms with Gasteiger partial charge in [-0.15, -0.1) is 11.3 Å². The summed E-state index contributed by atoms with van der Waals surface area (Å²) in [6.07, 6.45) is 5.12. The van der Waals surface area contributed by atoms with Crippen LogP contribution in [0.15, 0.2) is 60.4 Å². The maximum atomic E-state index is 12.2. The highest BCUT2D eigenvalue weighted by Crippen LogP contribution is 2.22. The van der Waals surface area contributed by atoms with Gasteiger partial charge in [0.25, 0.3) is 5.91 Å². The Balaban J connectivity index is 1.72. The number of fused-ring (bicyclic) bond motifs is 1. The summed E-state index contributed by atoms with van der Waals surface area (Å²) in [6, 6.07) is 11.1. The Kier molecular flexibility index (Phi) is 3.47. The molecule has 24 heavy (non-hydrogen) atoms. The molecule has 3 N–H and O–H groups in total. The fraction of sp³-hybridized carbons (Fsp3) is 0. The third-order valence-electron chi connectivity index (χ3n) is 3.56. The number of nitrogens with one attached hydrogen (secondary N) is 1. The minimum atomic E-state index is -0.158. The van der Waals surface area contributed by atoms with Crippen LogP contribution in [0.3, 0.4) is 0 Å². The molecule has 0 saturated carbocycles. The normalized spacial score (nSPS) is 10.8. The summed E-state index contributed by atoms with van der Waals surface area (Å²) in [5.41, 5.74) is 8.82. The predicted octanol–water partition coefficient (Wildman–Crippen LogP) is 3.29. The monoisotopic (exact) mass is 335 g/mol. The number of thiophene rings is 1. The van der Waals surface area contributed by atoms with E-state index in [1.807, 2.05) is 41.9 Å². The predicted molar refractivity (Wildman–Crippen MR) is 95.1 cm³/mol. The molecule has 0 radical (unpaired) electrons. The van der Waals surface area contributed by atoms with Crippen LogP contribution < -0.4 is 11.1 Å². The molecule has 4 rings (SSSR count). The minimum absolute atomic E-state index is 0.158. The molecule has 0 aliphatic heterocycles. The number of rotatable bonds is 3. The Morgan fingerprint density at radius 2 is 2.08 bits per heavy atom. The van der Waals surface area contributed by atoms with E-state index in [0.29, 0.717) is 22.0 Å². The summed E-state index contributed by atoms with van der Waals surface area (Å²) in [5, 5.41) is 4.74. The number of nitrogens with zero attached hydrogens (tertiary/aromatic N) is 3. The van der Waals surface area contributed by atoms with Gasteiger partial charge >= 0.3 is 0 Å². The van der Waals surface area contributed by atoms with Crippen molar-refractivity contribution in [3.63, 3.8) is 0 Å². The van der Waals surface area contributed by atoms with Crippen LogP contribution in [0, 0.1) is 0 Å². The van der Waals surface area contributed by atoms with Gasteiger partial charge in [-0.05, 0) is 23.6 Å². The third kappa shape index (κ3) is 2.61. The zero-order valence-corrected chi connectivity index (χ0v) is 13.3. The van der Waals surface area contributed by atoms with Crippen molar-refractivity contribution in [2.24, 2.45) is 0 Å². The zero-order valence-electron chi connectivity index (χ0n) is 12.5. The van der Waals surface area contributed by atoms with Crippen LogP contribution in [0.5, 0.6) is 0 Å². The number of benzene rings is 1. The Hall–Kier alpha value is -3.19. The first kappa shape index (κ1) is 14.4. The molecule has 0 fully saturated rings. The fourth-order valence-electron chi connectivity index (χ4n) is 2.41. The van der Waals surface area contributed by atoms with Gasteiger partial charge in [0, 0.05) is 17.4 Å². The Labute approximate surface area is 141 Å². The first-order valence-corrected chi connectivity index (χ1v) is 8.12. The topological polar surface area (TPSA) is 85.3 Å². The highest BCUT2D eigenvalue weighted by atomic mass is 32.1. The van der Waals surface area contributed by atoms with E-state index in [1.165, 1.54) is 11.3 Å². The van der Waals surface area contributed by atoms with Crippen molar-refractivity contribution < 1.29 is 4.79 Å². The van der Waals surface area contributed by atoms with Crippen molar-refractivity contribution in [3.05, 3.63) is 65.2 Å². The number of carbonyl (C=O) groups is 1. The second-order valence-corrected chi connectivity index (χ2v) is 6.15. The molecule has 118 valence electrons. The van der Waals surface area contributed by atoms with Gasteiger partial charge in [-0.1, -0.05) is 18.2 Å². The maximum Gasteiger partial charge on any atom is 0.266 e. The molecule has 0 aliphatic carbocycles. The van der Waals surface area contributed by atoms with Crippen molar-refractivity contribution in [2.75, 3.05) is 11.1 Å². The number of aromatic nitrogens is 3. The highest BCUT2D eigenvalue weighted by molar-refractivity contribution is 7.12. The van der Waals surface area contributed by atoms with E-state index in [0.717, 1.165) is 11.3 Å². The van der Waals surface area contributed by atoms with Crippen molar-refractivity contribution in [2.45, 2.75) is 0 Å². The van der Waals surface area contributed by atoms with E-state index in [4.69, 9.17) is 5.73 Å². The lowest BCUT2D eigenvalue weighted by Crippen LogP contribution is -2.11. The molecule has 1 amide bonds. The highest BCUT2D eigenvalue weighted by Gasteiger charge is 2.11. The molecule has 0 spiro atoms. The summed E-state index contributed by atoms with van der Waals surface area (Å²) >= 11 is 1.39. The summed E-state index contributed by atoms with van der Waals surface area (Å²) in [7, 11) is 0. The fourth-order valence-corrected chi connectivity index (χ4v) is 3.03. The number of imidazole rings is 1. The lowest BCUT2D eigenvalue weighted by Gasteiger charge is -2.06. The Morgan fingerprint density at radius 1 is 1.17 bits per heavy atom. The number of hydrogen-bond donors (Lipinski definition) is 2. The van der Waals surface area contributed by atoms with Crippen LogP contribution in [-0.2, 0) is 0 Å². The third-order valence-corrected chi connectivity index (χ3v) is 4.43. The average molecular weight is 335 g/mol. The largest absolute Gasteiger partial charge is 0.399 e. The minimum Gasteiger partial charge on any atom is -0.399 e. The molecule has 0 bridgehead atoms. The molecule has 3 heterocycles. The summed E-state index contributed by atoms with van der Waals surface area (Å²) in [4.78, 5) is 21.6. The molecule has 3 aromatic heterocycles. The smallest absolute Gasteiger partial charge is 0.266 e.